The van der Waals surface area contributed by atoms with E-state index in [4.69, 9.17) is 5.73 Å². The first-order valence-electron chi connectivity index (χ1n) is 3.96. The molecule has 0 aromatic heterocycles. The van der Waals surface area contributed by atoms with Gasteiger partial charge in [0.2, 0.25) is 0 Å². The fraction of sp³-hybridized carbons (Fsp3) is 1.00. The predicted octanol–water partition coefficient (Wildman–Crippen LogP) is 2.16. The molecule has 0 amide bonds. The van der Waals surface area contributed by atoms with Crippen molar-refractivity contribution in [3.8, 4) is 0 Å². The Bertz CT molecular complexity index is 55.6. The van der Waals surface area contributed by atoms with Crippen molar-refractivity contribution in [3.05, 3.63) is 0 Å². The maximum atomic E-state index is 5.64. The predicted molar refractivity (Wildman–Crippen MR) is 42.3 cm³/mol. The molecule has 0 rings (SSSR count). The second-order valence-corrected chi connectivity index (χ2v) is 2.90. The molecule has 1 atom stereocenters. The third-order valence-corrected chi connectivity index (χ3v) is 1.86. The summed E-state index contributed by atoms with van der Waals surface area (Å²) in [7, 11) is 0. The molecule has 0 saturated carbocycles. The molecule has 0 unspecified atom stereocenters. The Kier molecular flexibility index (Phi) is 4.78. The van der Waals surface area contributed by atoms with Gasteiger partial charge in [-0.2, -0.15) is 0 Å². The normalized spacial score (nSPS) is 14.3. The third kappa shape index (κ3) is 4.46. The van der Waals surface area contributed by atoms with Crippen molar-refractivity contribution in [3.63, 3.8) is 0 Å². The summed E-state index contributed by atoms with van der Waals surface area (Å²) >= 11 is 0. The van der Waals surface area contributed by atoms with Gasteiger partial charge in [0.25, 0.3) is 0 Å². The maximum Gasteiger partial charge on any atom is 0.00131 e. The molecule has 0 heterocycles. The van der Waals surface area contributed by atoms with Crippen LogP contribution >= 0.6 is 0 Å². The van der Waals surface area contributed by atoms with Crippen LogP contribution < -0.4 is 5.73 Å². The zero-order chi connectivity index (χ0) is 7.28. The van der Waals surface area contributed by atoms with E-state index in [0.29, 0.717) is 6.04 Å². The van der Waals surface area contributed by atoms with Gasteiger partial charge in [-0.1, -0.05) is 26.7 Å². The number of hydrogen-bond donors (Lipinski definition) is 1. The van der Waals surface area contributed by atoms with E-state index < -0.39 is 0 Å². The van der Waals surface area contributed by atoms with Crippen LogP contribution in [0.5, 0.6) is 0 Å². The van der Waals surface area contributed by atoms with Gasteiger partial charge in [-0.3, -0.25) is 0 Å². The Balaban J connectivity index is 3.31. The van der Waals surface area contributed by atoms with E-state index in [1.54, 1.807) is 0 Å². The Morgan fingerprint density at radius 3 is 1.78 bits per heavy atom. The number of rotatable bonds is 4. The lowest BCUT2D eigenvalue weighted by Gasteiger charge is -2.13. The first-order valence-corrected chi connectivity index (χ1v) is 3.96. The fourth-order valence-corrected chi connectivity index (χ4v) is 1.15. The molecule has 0 fully saturated rings. The summed E-state index contributed by atoms with van der Waals surface area (Å²) in [5, 5.41) is 0. The van der Waals surface area contributed by atoms with E-state index in [9.17, 15) is 0 Å². The van der Waals surface area contributed by atoms with E-state index in [1.807, 2.05) is 0 Å². The quantitative estimate of drug-likeness (QED) is 0.618. The molecule has 1 heteroatoms. The summed E-state index contributed by atoms with van der Waals surface area (Å²) in [5.74, 6) is 0.852. The molecule has 0 spiro atoms. The van der Waals surface area contributed by atoms with E-state index >= 15 is 0 Å². The lowest BCUT2D eigenvalue weighted by molar-refractivity contribution is 0.421. The van der Waals surface area contributed by atoms with Crippen molar-refractivity contribution in [2.75, 3.05) is 0 Å². The van der Waals surface area contributed by atoms with Gasteiger partial charge in [-0.05, 0) is 19.3 Å². The van der Waals surface area contributed by atoms with Crippen LogP contribution in [0.15, 0.2) is 0 Å². The van der Waals surface area contributed by atoms with Crippen molar-refractivity contribution in [1.29, 1.82) is 0 Å². The molecule has 56 valence electrons. The van der Waals surface area contributed by atoms with Crippen molar-refractivity contribution in [1.82, 2.24) is 0 Å². The first-order chi connectivity index (χ1) is 4.20. The number of nitrogens with two attached hydrogens (primary N) is 1. The Labute approximate surface area is 58.6 Å². The minimum Gasteiger partial charge on any atom is -0.328 e. The van der Waals surface area contributed by atoms with Gasteiger partial charge < -0.3 is 5.73 Å². The molecule has 0 aliphatic carbocycles. The standard InChI is InChI=1S/C8H19N/c1-4-8(5-2)6-7(3)9/h7-8H,4-6,9H2,1-3H3/t7-/m0/s1. The molecular formula is C8H19N. The molecule has 1 nitrogen and oxygen atoms in total. The molecule has 0 aliphatic heterocycles. The summed E-state index contributed by atoms with van der Waals surface area (Å²) in [6, 6.07) is 0.384. The van der Waals surface area contributed by atoms with E-state index in [0.717, 1.165) is 5.92 Å². The molecule has 2 N–H and O–H groups in total. The van der Waals surface area contributed by atoms with E-state index in [-0.39, 0.29) is 0 Å². The minimum absolute atomic E-state index is 0.384. The molecule has 0 aliphatic rings. The van der Waals surface area contributed by atoms with Crippen LogP contribution in [-0.4, -0.2) is 6.04 Å². The monoisotopic (exact) mass is 129 g/mol. The zero-order valence-electron chi connectivity index (χ0n) is 6.85. The lowest BCUT2D eigenvalue weighted by atomic mass is 9.96. The highest BCUT2D eigenvalue weighted by molar-refractivity contribution is 4.61. The van der Waals surface area contributed by atoms with Gasteiger partial charge in [0, 0.05) is 6.04 Å². The van der Waals surface area contributed by atoms with Gasteiger partial charge in [0.05, 0.1) is 0 Å². The summed E-state index contributed by atoms with van der Waals surface area (Å²) in [6.45, 7) is 6.55. The van der Waals surface area contributed by atoms with Crippen LogP contribution in [0.1, 0.15) is 40.0 Å². The summed E-state index contributed by atoms with van der Waals surface area (Å²) < 4.78 is 0. The van der Waals surface area contributed by atoms with Gasteiger partial charge in [-0.15, -0.1) is 0 Å². The topological polar surface area (TPSA) is 26.0 Å². The Morgan fingerprint density at radius 2 is 1.67 bits per heavy atom. The summed E-state index contributed by atoms with van der Waals surface area (Å²) in [4.78, 5) is 0. The smallest absolute Gasteiger partial charge is 0.00131 e. The molecule has 0 aromatic carbocycles. The largest absolute Gasteiger partial charge is 0.328 e. The molecule has 0 saturated heterocycles. The van der Waals surface area contributed by atoms with Gasteiger partial charge in [0.1, 0.15) is 0 Å². The first kappa shape index (κ1) is 8.96. The highest BCUT2D eigenvalue weighted by Crippen LogP contribution is 2.13. The van der Waals surface area contributed by atoms with Gasteiger partial charge >= 0.3 is 0 Å². The minimum atomic E-state index is 0.384. The summed E-state index contributed by atoms with van der Waals surface area (Å²) in [6.07, 6.45) is 3.74. The molecule has 0 aromatic rings. The van der Waals surface area contributed by atoms with Gasteiger partial charge in [0.15, 0.2) is 0 Å². The van der Waals surface area contributed by atoms with E-state index in [1.165, 1.54) is 19.3 Å². The maximum absolute atomic E-state index is 5.64. The van der Waals surface area contributed by atoms with Crippen molar-refractivity contribution in [2.24, 2.45) is 11.7 Å². The average molecular weight is 129 g/mol. The van der Waals surface area contributed by atoms with Crippen LogP contribution in [0, 0.1) is 5.92 Å². The zero-order valence-corrected chi connectivity index (χ0v) is 6.85. The second-order valence-electron chi connectivity index (χ2n) is 2.90. The van der Waals surface area contributed by atoms with Crippen LogP contribution in [-0.2, 0) is 0 Å². The number of hydrogen-bond acceptors (Lipinski definition) is 1. The molecule has 9 heavy (non-hydrogen) atoms. The SMILES string of the molecule is CCC(CC)C[C@H](C)N. The third-order valence-electron chi connectivity index (χ3n) is 1.86. The van der Waals surface area contributed by atoms with Crippen LogP contribution in [0.2, 0.25) is 0 Å². The van der Waals surface area contributed by atoms with Crippen LogP contribution in [0.25, 0.3) is 0 Å². The Morgan fingerprint density at radius 1 is 1.22 bits per heavy atom. The molecular weight excluding hydrogens is 110 g/mol. The highest BCUT2D eigenvalue weighted by atomic mass is 14.6. The second kappa shape index (κ2) is 4.80. The molecule has 0 radical (unpaired) electrons. The summed E-state index contributed by atoms with van der Waals surface area (Å²) in [5.41, 5.74) is 5.64. The van der Waals surface area contributed by atoms with E-state index in [2.05, 4.69) is 20.8 Å². The highest BCUT2D eigenvalue weighted by Gasteiger charge is 2.04. The van der Waals surface area contributed by atoms with Crippen molar-refractivity contribution in [2.45, 2.75) is 46.1 Å². The van der Waals surface area contributed by atoms with Gasteiger partial charge in [-0.25, -0.2) is 0 Å². The average Bonchev–Trinajstić information content (AvgIpc) is 1.82. The van der Waals surface area contributed by atoms with Crippen molar-refractivity contribution < 1.29 is 0 Å². The fourth-order valence-electron chi connectivity index (χ4n) is 1.15. The lowest BCUT2D eigenvalue weighted by Crippen LogP contribution is -2.18. The van der Waals surface area contributed by atoms with Crippen LogP contribution in [0.3, 0.4) is 0 Å². The van der Waals surface area contributed by atoms with Crippen molar-refractivity contribution >= 4 is 0 Å². The Hall–Kier alpha value is -0.0400. The molecule has 0 bridgehead atoms. The van der Waals surface area contributed by atoms with Crippen LogP contribution in [0.4, 0.5) is 0 Å².